The molecular formula is C25H35N3O3. The van der Waals surface area contributed by atoms with Crippen molar-refractivity contribution in [2.75, 3.05) is 11.5 Å². The molecule has 2 aromatic rings. The van der Waals surface area contributed by atoms with E-state index in [-0.39, 0.29) is 24.5 Å². The number of anilines is 1. The number of rotatable bonds is 7. The first-order chi connectivity index (χ1) is 14.8. The van der Waals surface area contributed by atoms with E-state index in [1.807, 2.05) is 26.0 Å². The van der Waals surface area contributed by atoms with Crippen LogP contribution in [0.15, 0.2) is 30.5 Å². The lowest BCUT2D eigenvalue weighted by Crippen LogP contribution is -2.43. The molecular weight excluding hydrogens is 390 g/mol. The predicted octanol–water partition coefficient (Wildman–Crippen LogP) is 5.18. The van der Waals surface area contributed by atoms with Crippen LogP contribution in [0, 0.1) is 11.8 Å². The monoisotopic (exact) mass is 425 g/mol. The van der Waals surface area contributed by atoms with Crippen LogP contribution in [0.4, 0.5) is 5.82 Å². The number of aryl methyl sites for hydroxylation is 1. The lowest BCUT2D eigenvalue weighted by Gasteiger charge is -2.32. The highest BCUT2D eigenvalue weighted by molar-refractivity contribution is 6.02. The topological polar surface area (TPSA) is 64.4 Å². The molecule has 1 aromatic heterocycles. The number of nitrogens with zero attached hydrogens (tertiary/aromatic N) is 3. The Morgan fingerprint density at radius 2 is 1.77 bits per heavy atom. The third kappa shape index (κ3) is 5.17. The second-order valence-electron chi connectivity index (χ2n) is 8.81. The van der Waals surface area contributed by atoms with Crippen molar-refractivity contribution in [3.63, 3.8) is 0 Å². The summed E-state index contributed by atoms with van der Waals surface area (Å²) in [4.78, 5) is 28.0. The number of esters is 1. The number of aromatic nitrogens is 2. The van der Waals surface area contributed by atoms with Crippen molar-refractivity contribution >= 4 is 17.7 Å². The summed E-state index contributed by atoms with van der Waals surface area (Å²) in [6, 6.07) is 7.94. The minimum absolute atomic E-state index is 0.0253. The second kappa shape index (κ2) is 10.1. The Balaban J connectivity index is 2.01. The lowest BCUT2D eigenvalue weighted by molar-refractivity contribution is -0.123. The maximum Gasteiger partial charge on any atom is 0.343 e. The summed E-state index contributed by atoms with van der Waals surface area (Å²) in [6.45, 7) is 10.3. The molecule has 1 fully saturated rings. The van der Waals surface area contributed by atoms with Crippen LogP contribution < -0.4 is 4.90 Å². The van der Waals surface area contributed by atoms with Gasteiger partial charge >= 0.3 is 5.97 Å². The second-order valence-corrected chi connectivity index (χ2v) is 8.81. The van der Waals surface area contributed by atoms with Crippen LogP contribution in [0.1, 0.15) is 76.2 Å². The van der Waals surface area contributed by atoms with Gasteiger partial charge < -0.3 is 4.74 Å². The third-order valence-corrected chi connectivity index (χ3v) is 6.15. The zero-order valence-corrected chi connectivity index (χ0v) is 19.4. The first-order valence-corrected chi connectivity index (χ1v) is 11.5. The van der Waals surface area contributed by atoms with Crippen LogP contribution in [-0.2, 0) is 16.0 Å². The fourth-order valence-corrected chi connectivity index (χ4v) is 4.22. The van der Waals surface area contributed by atoms with Crippen LogP contribution >= 0.6 is 0 Å². The maximum atomic E-state index is 13.5. The van der Waals surface area contributed by atoms with Crippen LogP contribution in [0.5, 0.6) is 0 Å². The summed E-state index contributed by atoms with van der Waals surface area (Å²) >= 11 is 0. The minimum Gasteiger partial charge on any atom is -0.462 e. The quantitative estimate of drug-likeness (QED) is 0.574. The van der Waals surface area contributed by atoms with Gasteiger partial charge in [0.1, 0.15) is 5.56 Å². The summed E-state index contributed by atoms with van der Waals surface area (Å²) < 4.78 is 6.97. The van der Waals surface area contributed by atoms with Gasteiger partial charge in [0.05, 0.1) is 12.3 Å². The highest BCUT2D eigenvalue weighted by atomic mass is 16.5. The van der Waals surface area contributed by atoms with Gasteiger partial charge in [-0.1, -0.05) is 26.0 Å². The van der Waals surface area contributed by atoms with Crippen molar-refractivity contribution in [3.8, 4) is 5.69 Å². The number of hydrogen-bond acceptors (Lipinski definition) is 4. The SMILES string of the molecule is CCOC(=O)c1cn(-c2ccc(CC)cc2)nc1N(C(=O)C1CCC(C)CC1)C(C)C. The first kappa shape index (κ1) is 23.0. The van der Waals surface area contributed by atoms with Crippen LogP contribution in [0.25, 0.3) is 5.69 Å². The van der Waals surface area contributed by atoms with Crippen molar-refractivity contribution in [2.45, 2.75) is 72.8 Å². The molecule has 0 N–H and O–H groups in total. The van der Waals surface area contributed by atoms with Gasteiger partial charge in [-0.25, -0.2) is 9.48 Å². The van der Waals surface area contributed by atoms with Crippen LogP contribution in [0.3, 0.4) is 0 Å². The molecule has 1 amide bonds. The molecule has 6 nitrogen and oxygen atoms in total. The Labute approximate surface area is 185 Å². The molecule has 0 spiro atoms. The molecule has 0 saturated heterocycles. The van der Waals surface area contributed by atoms with Gasteiger partial charge in [0, 0.05) is 18.2 Å². The highest BCUT2D eigenvalue weighted by Crippen LogP contribution is 2.33. The van der Waals surface area contributed by atoms with E-state index in [9.17, 15) is 9.59 Å². The Bertz CT molecular complexity index is 893. The summed E-state index contributed by atoms with van der Waals surface area (Å²) in [5, 5.41) is 4.71. The number of benzene rings is 1. The molecule has 0 bridgehead atoms. The largest absolute Gasteiger partial charge is 0.462 e. The molecule has 0 radical (unpaired) electrons. The van der Waals surface area contributed by atoms with Gasteiger partial charge in [0.2, 0.25) is 5.91 Å². The van der Waals surface area contributed by atoms with Gasteiger partial charge in [-0.3, -0.25) is 9.69 Å². The average Bonchev–Trinajstić information content (AvgIpc) is 3.19. The van der Waals surface area contributed by atoms with E-state index in [2.05, 4.69) is 26.0 Å². The van der Waals surface area contributed by atoms with E-state index in [0.29, 0.717) is 17.3 Å². The van der Waals surface area contributed by atoms with Crippen LogP contribution in [-0.4, -0.2) is 34.3 Å². The van der Waals surface area contributed by atoms with Gasteiger partial charge in [-0.15, -0.1) is 5.10 Å². The van der Waals surface area contributed by atoms with Gasteiger partial charge in [-0.2, -0.15) is 0 Å². The summed E-state index contributed by atoms with van der Waals surface area (Å²) in [5.41, 5.74) is 2.40. The molecule has 168 valence electrons. The van der Waals surface area contributed by atoms with Gasteiger partial charge in [0.15, 0.2) is 5.82 Å². The van der Waals surface area contributed by atoms with E-state index in [4.69, 9.17) is 9.84 Å². The maximum absolute atomic E-state index is 13.5. The number of hydrogen-bond donors (Lipinski definition) is 0. The Morgan fingerprint density at radius 3 is 2.32 bits per heavy atom. The van der Waals surface area contributed by atoms with E-state index >= 15 is 0 Å². The fourth-order valence-electron chi connectivity index (χ4n) is 4.22. The lowest BCUT2D eigenvalue weighted by atomic mass is 9.82. The normalized spacial score (nSPS) is 18.8. The predicted molar refractivity (Wildman–Crippen MR) is 123 cm³/mol. The highest BCUT2D eigenvalue weighted by Gasteiger charge is 2.34. The zero-order valence-electron chi connectivity index (χ0n) is 19.4. The van der Waals surface area contributed by atoms with Crippen molar-refractivity contribution in [2.24, 2.45) is 11.8 Å². The van der Waals surface area contributed by atoms with E-state index in [0.717, 1.165) is 37.8 Å². The average molecular weight is 426 g/mol. The van der Waals surface area contributed by atoms with E-state index < -0.39 is 5.97 Å². The van der Waals surface area contributed by atoms with E-state index in [1.165, 1.54) is 5.56 Å². The molecule has 0 unspecified atom stereocenters. The molecule has 1 aromatic carbocycles. The number of carbonyl (C=O) groups excluding carboxylic acids is 2. The molecule has 6 heteroatoms. The van der Waals surface area contributed by atoms with E-state index in [1.54, 1.807) is 22.7 Å². The molecule has 1 heterocycles. The van der Waals surface area contributed by atoms with Gasteiger partial charge in [-0.05, 0) is 76.5 Å². The Hall–Kier alpha value is -2.63. The van der Waals surface area contributed by atoms with Crippen molar-refractivity contribution in [1.82, 2.24) is 9.78 Å². The molecule has 31 heavy (non-hydrogen) atoms. The summed E-state index contributed by atoms with van der Waals surface area (Å²) in [7, 11) is 0. The standard InChI is InChI=1S/C25H35N3O3/c1-6-19-10-14-21(15-11-19)27-16-22(25(30)31-7-2)23(26-27)28(17(3)4)24(29)20-12-8-18(5)9-13-20/h10-11,14-18,20H,6-9,12-13H2,1-5H3. The van der Waals surface area contributed by atoms with Crippen molar-refractivity contribution in [1.29, 1.82) is 0 Å². The summed E-state index contributed by atoms with van der Waals surface area (Å²) in [6.07, 6.45) is 6.53. The molecule has 0 atom stereocenters. The molecule has 1 aliphatic rings. The zero-order chi connectivity index (χ0) is 22.5. The molecule has 1 saturated carbocycles. The van der Waals surface area contributed by atoms with Crippen molar-refractivity contribution < 1.29 is 14.3 Å². The van der Waals surface area contributed by atoms with Crippen LogP contribution in [0.2, 0.25) is 0 Å². The fraction of sp³-hybridized carbons (Fsp3) is 0.560. The molecule has 3 rings (SSSR count). The Morgan fingerprint density at radius 1 is 1.13 bits per heavy atom. The Kier molecular flexibility index (Phi) is 7.52. The minimum atomic E-state index is -0.454. The summed E-state index contributed by atoms with van der Waals surface area (Å²) in [5.74, 6) is 0.625. The third-order valence-electron chi connectivity index (χ3n) is 6.15. The van der Waals surface area contributed by atoms with Gasteiger partial charge in [0.25, 0.3) is 0 Å². The number of amides is 1. The number of ether oxygens (including phenoxy) is 1. The molecule has 1 aliphatic carbocycles. The first-order valence-electron chi connectivity index (χ1n) is 11.5. The van der Waals surface area contributed by atoms with Crippen molar-refractivity contribution in [3.05, 3.63) is 41.6 Å². The smallest absolute Gasteiger partial charge is 0.343 e. The molecule has 0 aliphatic heterocycles. The number of carbonyl (C=O) groups is 2.